The van der Waals surface area contributed by atoms with Gasteiger partial charge in [-0.05, 0) is 24.8 Å². The molecule has 1 aliphatic rings. The number of aromatic amines is 1. The predicted octanol–water partition coefficient (Wildman–Crippen LogP) is 1.92. The smallest absolute Gasteiger partial charge is 0.271 e. The molecule has 0 unspecified atom stereocenters. The number of hydrogen-bond acceptors (Lipinski definition) is 3. The average Bonchev–Trinajstić information content (AvgIpc) is 3.05. The van der Waals surface area contributed by atoms with E-state index in [0.29, 0.717) is 24.7 Å². The number of nitrogens with zero attached hydrogens (tertiary/aromatic N) is 2. The van der Waals surface area contributed by atoms with Crippen LogP contribution in [0.3, 0.4) is 0 Å². The molecule has 1 aromatic carbocycles. The lowest BCUT2D eigenvalue weighted by molar-refractivity contribution is 0.0645. The van der Waals surface area contributed by atoms with E-state index >= 15 is 0 Å². The molecule has 110 valence electrons. The van der Waals surface area contributed by atoms with E-state index in [4.69, 9.17) is 5.11 Å². The monoisotopic (exact) mass is 285 g/mol. The Kier molecular flexibility index (Phi) is 4.01. The molecule has 0 atom stereocenters. The molecule has 2 N–H and O–H groups in total. The number of piperidine rings is 1. The summed E-state index contributed by atoms with van der Waals surface area (Å²) >= 11 is 0. The minimum absolute atomic E-state index is 0.0129. The van der Waals surface area contributed by atoms with Gasteiger partial charge in [0.25, 0.3) is 5.91 Å². The van der Waals surface area contributed by atoms with Crippen molar-refractivity contribution in [1.29, 1.82) is 0 Å². The number of aromatic nitrogens is 2. The Morgan fingerprint density at radius 3 is 2.67 bits per heavy atom. The first-order valence-electron chi connectivity index (χ1n) is 7.29. The first-order valence-corrected chi connectivity index (χ1v) is 7.29. The minimum atomic E-state index is -0.0129. The number of rotatable bonds is 3. The Morgan fingerprint density at radius 1 is 1.29 bits per heavy atom. The van der Waals surface area contributed by atoms with Crippen LogP contribution in [0, 0.1) is 5.92 Å². The lowest BCUT2D eigenvalue weighted by atomic mass is 9.98. The lowest BCUT2D eigenvalue weighted by Gasteiger charge is -2.30. The SMILES string of the molecule is O=C(c1cc(-c2ccccc2)n[nH]1)N1CCC(CO)CC1. The van der Waals surface area contributed by atoms with Crippen molar-refractivity contribution in [2.45, 2.75) is 12.8 Å². The van der Waals surface area contributed by atoms with Crippen LogP contribution in [0.2, 0.25) is 0 Å². The summed E-state index contributed by atoms with van der Waals surface area (Å²) in [5.41, 5.74) is 2.30. The van der Waals surface area contributed by atoms with Gasteiger partial charge in [0.2, 0.25) is 0 Å². The molecule has 0 saturated carbocycles. The van der Waals surface area contributed by atoms with E-state index in [0.717, 1.165) is 24.1 Å². The molecule has 0 radical (unpaired) electrons. The number of nitrogens with one attached hydrogen (secondary N) is 1. The predicted molar refractivity (Wildman–Crippen MR) is 79.7 cm³/mol. The van der Waals surface area contributed by atoms with E-state index in [1.165, 1.54) is 0 Å². The number of carbonyl (C=O) groups is 1. The number of carbonyl (C=O) groups excluding carboxylic acids is 1. The van der Waals surface area contributed by atoms with Gasteiger partial charge in [0.1, 0.15) is 5.69 Å². The van der Waals surface area contributed by atoms with Gasteiger partial charge in [-0.25, -0.2) is 0 Å². The van der Waals surface area contributed by atoms with E-state index in [-0.39, 0.29) is 12.5 Å². The highest BCUT2D eigenvalue weighted by atomic mass is 16.3. The molecule has 1 aromatic heterocycles. The fraction of sp³-hybridized carbons (Fsp3) is 0.375. The van der Waals surface area contributed by atoms with Crippen LogP contribution in [0.5, 0.6) is 0 Å². The number of H-pyrrole nitrogens is 1. The highest BCUT2D eigenvalue weighted by Crippen LogP contribution is 2.20. The highest BCUT2D eigenvalue weighted by Gasteiger charge is 2.24. The minimum Gasteiger partial charge on any atom is -0.396 e. The van der Waals surface area contributed by atoms with Gasteiger partial charge in [-0.2, -0.15) is 5.10 Å². The first kappa shape index (κ1) is 13.8. The molecule has 2 aromatic rings. The van der Waals surface area contributed by atoms with Crippen molar-refractivity contribution in [2.24, 2.45) is 5.92 Å². The van der Waals surface area contributed by atoms with Crippen LogP contribution in [-0.2, 0) is 0 Å². The lowest BCUT2D eigenvalue weighted by Crippen LogP contribution is -2.39. The Morgan fingerprint density at radius 2 is 2.00 bits per heavy atom. The van der Waals surface area contributed by atoms with Crippen molar-refractivity contribution in [3.8, 4) is 11.3 Å². The van der Waals surface area contributed by atoms with Gasteiger partial charge in [-0.1, -0.05) is 30.3 Å². The van der Waals surface area contributed by atoms with Gasteiger partial charge in [0.15, 0.2) is 0 Å². The Balaban J connectivity index is 1.70. The normalized spacial score (nSPS) is 16.1. The summed E-state index contributed by atoms with van der Waals surface area (Å²) < 4.78 is 0. The fourth-order valence-electron chi connectivity index (χ4n) is 2.68. The van der Waals surface area contributed by atoms with Crippen LogP contribution < -0.4 is 0 Å². The van der Waals surface area contributed by atoms with Crippen molar-refractivity contribution in [1.82, 2.24) is 15.1 Å². The van der Waals surface area contributed by atoms with Crippen molar-refractivity contribution < 1.29 is 9.90 Å². The zero-order chi connectivity index (χ0) is 14.7. The van der Waals surface area contributed by atoms with Gasteiger partial charge in [-0.15, -0.1) is 0 Å². The molecule has 3 rings (SSSR count). The van der Waals surface area contributed by atoms with E-state index < -0.39 is 0 Å². The molecule has 2 heterocycles. The quantitative estimate of drug-likeness (QED) is 0.905. The summed E-state index contributed by atoms with van der Waals surface area (Å²) in [4.78, 5) is 14.3. The molecule has 0 aliphatic carbocycles. The van der Waals surface area contributed by atoms with E-state index in [2.05, 4.69) is 10.2 Å². The van der Waals surface area contributed by atoms with Crippen LogP contribution in [0.4, 0.5) is 0 Å². The van der Waals surface area contributed by atoms with E-state index in [1.54, 1.807) is 6.07 Å². The second-order valence-corrected chi connectivity index (χ2v) is 5.45. The Labute approximate surface area is 123 Å². The summed E-state index contributed by atoms with van der Waals surface area (Å²) in [6.07, 6.45) is 1.73. The largest absolute Gasteiger partial charge is 0.396 e. The second kappa shape index (κ2) is 6.10. The highest BCUT2D eigenvalue weighted by molar-refractivity contribution is 5.93. The van der Waals surface area contributed by atoms with Crippen LogP contribution in [0.25, 0.3) is 11.3 Å². The first-order chi connectivity index (χ1) is 10.3. The van der Waals surface area contributed by atoms with Gasteiger partial charge >= 0.3 is 0 Å². The molecule has 5 heteroatoms. The number of benzene rings is 1. The number of amides is 1. The summed E-state index contributed by atoms with van der Waals surface area (Å²) in [6, 6.07) is 11.6. The summed E-state index contributed by atoms with van der Waals surface area (Å²) in [7, 11) is 0. The van der Waals surface area contributed by atoms with Crippen molar-refractivity contribution >= 4 is 5.91 Å². The van der Waals surface area contributed by atoms with Crippen molar-refractivity contribution in [2.75, 3.05) is 19.7 Å². The molecule has 0 bridgehead atoms. The molecule has 1 aliphatic heterocycles. The Hall–Kier alpha value is -2.14. The molecule has 21 heavy (non-hydrogen) atoms. The second-order valence-electron chi connectivity index (χ2n) is 5.45. The molecular formula is C16H19N3O2. The maximum absolute atomic E-state index is 12.4. The Bertz CT molecular complexity index is 601. The van der Waals surface area contributed by atoms with Crippen LogP contribution >= 0.6 is 0 Å². The number of aliphatic hydroxyl groups is 1. The fourth-order valence-corrected chi connectivity index (χ4v) is 2.68. The molecule has 1 saturated heterocycles. The van der Waals surface area contributed by atoms with Gasteiger partial charge in [0, 0.05) is 25.3 Å². The van der Waals surface area contributed by atoms with Crippen molar-refractivity contribution in [3.63, 3.8) is 0 Å². The van der Waals surface area contributed by atoms with Crippen LogP contribution in [0.15, 0.2) is 36.4 Å². The zero-order valence-corrected chi connectivity index (χ0v) is 11.8. The third-order valence-electron chi connectivity index (χ3n) is 4.04. The number of likely N-dealkylation sites (tertiary alicyclic amines) is 1. The van der Waals surface area contributed by atoms with Gasteiger partial charge in [-0.3, -0.25) is 9.89 Å². The van der Waals surface area contributed by atoms with Crippen LogP contribution in [0.1, 0.15) is 23.3 Å². The maximum atomic E-state index is 12.4. The van der Waals surface area contributed by atoms with Crippen LogP contribution in [-0.4, -0.2) is 45.8 Å². The summed E-state index contributed by atoms with van der Waals surface area (Å²) in [6.45, 7) is 1.61. The number of aliphatic hydroxyl groups excluding tert-OH is 1. The molecule has 1 fully saturated rings. The number of hydrogen-bond donors (Lipinski definition) is 2. The van der Waals surface area contributed by atoms with Gasteiger partial charge < -0.3 is 10.0 Å². The zero-order valence-electron chi connectivity index (χ0n) is 11.8. The summed E-state index contributed by atoms with van der Waals surface area (Å²) in [5, 5.41) is 16.2. The standard InChI is InChI=1S/C16H19N3O2/c20-11-12-6-8-19(9-7-12)16(21)15-10-14(17-18-15)13-4-2-1-3-5-13/h1-5,10,12,20H,6-9,11H2,(H,17,18). The summed E-state index contributed by atoms with van der Waals surface area (Å²) in [5.74, 6) is 0.316. The van der Waals surface area contributed by atoms with E-state index in [1.807, 2.05) is 35.2 Å². The third-order valence-corrected chi connectivity index (χ3v) is 4.04. The van der Waals surface area contributed by atoms with Gasteiger partial charge in [0.05, 0.1) is 5.69 Å². The van der Waals surface area contributed by atoms with Crippen molar-refractivity contribution in [3.05, 3.63) is 42.1 Å². The average molecular weight is 285 g/mol. The topological polar surface area (TPSA) is 69.2 Å². The van der Waals surface area contributed by atoms with E-state index in [9.17, 15) is 4.79 Å². The molecule has 1 amide bonds. The maximum Gasteiger partial charge on any atom is 0.271 e. The molecular weight excluding hydrogens is 266 g/mol. The molecule has 5 nitrogen and oxygen atoms in total. The molecule has 0 spiro atoms. The third kappa shape index (κ3) is 2.97.